The average molecular weight is 548 g/mol. The van der Waals surface area contributed by atoms with E-state index in [1.807, 2.05) is 36.4 Å². The van der Waals surface area contributed by atoms with Crippen LogP contribution >= 0.6 is 31.9 Å². The van der Waals surface area contributed by atoms with E-state index < -0.39 is 11.9 Å². The number of ether oxygens (including phenoxy) is 3. The van der Waals surface area contributed by atoms with Gasteiger partial charge in [-0.25, -0.2) is 4.79 Å². The number of carbonyl (C=O) groups is 1. The first kappa shape index (κ1) is 22.9. The van der Waals surface area contributed by atoms with Crippen LogP contribution in [0.15, 0.2) is 74.2 Å². The molecule has 0 radical (unpaired) electrons. The molecule has 0 saturated carbocycles. The molecule has 8 heteroatoms. The summed E-state index contributed by atoms with van der Waals surface area (Å²) in [5.41, 5.74) is 7.92. The SMILES string of the molecule is CCOC(=O)C1=C(C)OC(N)=C(C#N)C1c1cc(Br)ccc1OCc1cccc(Br)c1. The van der Waals surface area contributed by atoms with Crippen LogP contribution in [0.1, 0.15) is 30.9 Å². The number of rotatable bonds is 6. The Morgan fingerprint density at radius 2 is 1.97 bits per heavy atom. The number of hydrogen-bond donors (Lipinski definition) is 1. The van der Waals surface area contributed by atoms with Crippen molar-refractivity contribution in [1.82, 2.24) is 0 Å². The van der Waals surface area contributed by atoms with E-state index >= 15 is 0 Å². The van der Waals surface area contributed by atoms with Crippen molar-refractivity contribution in [3.05, 3.63) is 85.3 Å². The van der Waals surface area contributed by atoms with Gasteiger partial charge in [-0.05, 0) is 49.7 Å². The Morgan fingerprint density at radius 1 is 1.23 bits per heavy atom. The van der Waals surface area contributed by atoms with Crippen LogP contribution in [0.4, 0.5) is 0 Å². The van der Waals surface area contributed by atoms with Crippen molar-refractivity contribution in [3.63, 3.8) is 0 Å². The third-order valence-corrected chi connectivity index (χ3v) is 5.65. The Hall–Kier alpha value is -2.76. The van der Waals surface area contributed by atoms with Crippen LogP contribution in [0.5, 0.6) is 5.75 Å². The molecule has 1 aliphatic rings. The third-order valence-electron chi connectivity index (χ3n) is 4.67. The molecule has 3 rings (SSSR count). The second kappa shape index (κ2) is 10.0. The van der Waals surface area contributed by atoms with E-state index in [9.17, 15) is 10.1 Å². The molecule has 31 heavy (non-hydrogen) atoms. The third kappa shape index (κ3) is 5.12. The van der Waals surface area contributed by atoms with Crippen molar-refractivity contribution >= 4 is 37.8 Å². The minimum atomic E-state index is -0.784. The maximum Gasteiger partial charge on any atom is 0.338 e. The Balaban J connectivity index is 2.08. The summed E-state index contributed by atoms with van der Waals surface area (Å²) in [4.78, 5) is 12.8. The fourth-order valence-corrected chi connectivity index (χ4v) is 4.16. The van der Waals surface area contributed by atoms with Crippen LogP contribution in [0.2, 0.25) is 0 Å². The van der Waals surface area contributed by atoms with Crippen LogP contribution in [0.3, 0.4) is 0 Å². The number of nitrogens with zero attached hydrogens (tertiary/aromatic N) is 1. The van der Waals surface area contributed by atoms with Gasteiger partial charge in [-0.15, -0.1) is 0 Å². The van der Waals surface area contributed by atoms with Crippen LogP contribution in [-0.2, 0) is 20.9 Å². The van der Waals surface area contributed by atoms with Gasteiger partial charge in [-0.3, -0.25) is 0 Å². The molecule has 0 aromatic heterocycles. The highest BCUT2D eigenvalue weighted by Crippen LogP contribution is 2.44. The molecule has 2 aromatic rings. The standard InChI is InChI=1S/C23H20Br2N2O4/c1-3-29-23(28)20-13(2)31-22(27)18(11-26)21(20)17-10-16(25)7-8-19(17)30-12-14-5-4-6-15(24)9-14/h4-10,21H,3,12,27H2,1-2H3. The first-order valence-corrected chi connectivity index (χ1v) is 11.1. The zero-order chi connectivity index (χ0) is 22.5. The van der Waals surface area contributed by atoms with Gasteiger partial charge >= 0.3 is 5.97 Å². The normalized spacial score (nSPS) is 15.9. The Labute approximate surface area is 197 Å². The summed E-state index contributed by atoms with van der Waals surface area (Å²) in [5.74, 6) is -0.588. The largest absolute Gasteiger partial charge is 0.489 e. The summed E-state index contributed by atoms with van der Waals surface area (Å²) < 4.78 is 18.5. The maximum absolute atomic E-state index is 12.8. The number of carbonyl (C=O) groups excluding carboxylic acids is 1. The topological polar surface area (TPSA) is 94.6 Å². The number of allylic oxidation sites excluding steroid dienone is 2. The predicted octanol–water partition coefficient (Wildman–Crippen LogP) is 5.44. The van der Waals surface area contributed by atoms with Crippen LogP contribution < -0.4 is 10.5 Å². The van der Waals surface area contributed by atoms with E-state index in [1.54, 1.807) is 19.9 Å². The van der Waals surface area contributed by atoms with Gasteiger partial charge in [-0.1, -0.05) is 44.0 Å². The summed E-state index contributed by atoms with van der Waals surface area (Å²) in [6, 6.07) is 15.3. The number of halogens is 2. The predicted molar refractivity (Wildman–Crippen MR) is 123 cm³/mol. The molecule has 0 fully saturated rings. The molecule has 1 aliphatic heterocycles. The Bertz CT molecular complexity index is 1120. The molecule has 2 aromatic carbocycles. The van der Waals surface area contributed by atoms with Crippen molar-refractivity contribution in [2.75, 3.05) is 6.61 Å². The molecule has 2 N–H and O–H groups in total. The van der Waals surface area contributed by atoms with Gasteiger partial charge in [0.1, 0.15) is 29.8 Å². The Morgan fingerprint density at radius 3 is 2.65 bits per heavy atom. The zero-order valence-corrected chi connectivity index (χ0v) is 20.1. The van der Waals surface area contributed by atoms with E-state index in [0.717, 1.165) is 14.5 Å². The fraction of sp³-hybridized carbons (Fsp3) is 0.217. The minimum Gasteiger partial charge on any atom is -0.489 e. The van der Waals surface area contributed by atoms with E-state index in [-0.39, 0.29) is 29.4 Å². The molecule has 0 spiro atoms. The summed E-state index contributed by atoms with van der Waals surface area (Å²) >= 11 is 6.93. The lowest BCUT2D eigenvalue weighted by molar-refractivity contribution is -0.139. The monoisotopic (exact) mass is 546 g/mol. The lowest BCUT2D eigenvalue weighted by Gasteiger charge is -2.28. The van der Waals surface area contributed by atoms with Crippen molar-refractivity contribution in [2.24, 2.45) is 5.73 Å². The number of hydrogen-bond acceptors (Lipinski definition) is 6. The second-order valence-electron chi connectivity index (χ2n) is 6.72. The lowest BCUT2D eigenvalue weighted by Crippen LogP contribution is -2.26. The second-order valence-corrected chi connectivity index (χ2v) is 8.55. The molecule has 0 aliphatic carbocycles. The molecule has 6 nitrogen and oxygen atoms in total. The van der Waals surface area contributed by atoms with Crippen molar-refractivity contribution in [3.8, 4) is 11.8 Å². The lowest BCUT2D eigenvalue weighted by atomic mass is 9.82. The molecular formula is C23H20Br2N2O4. The molecule has 0 bridgehead atoms. The van der Waals surface area contributed by atoms with E-state index in [0.29, 0.717) is 17.9 Å². The smallest absolute Gasteiger partial charge is 0.338 e. The summed E-state index contributed by atoms with van der Waals surface area (Å²) in [7, 11) is 0. The Kier molecular flexibility index (Phi) is 7.42. The molecule has 0 saturated heterocycles. The van der Waals surface area contributed by atoms with E-state index in [1.165, 1.54) is 0 Å². The first-order valence-electron chi connectivity index (χ1n) is 9.47. The van der Waals surface area contributed by atoms with Gasteiger partial charge < -0.3 is 19.9 Å². The zero-order valence-electron chi connectivity index (χ0n) is 16.9. The summed E-state index contributed by atoms with van der Waals surface area (Å²) in [6.07, 6.45) is 0. The highest BCUT2D eigenvalue weighted by molar-refractivity contribution is 9.10. The van der Waals surface area contributed by atoms with E-state index in [4.69, 9.17) is 19.9 Å². The van der Waals surface area contributed by atoms with Gasteiger partial charge in [0.05, 0.1) is 18.1 Å². The number of nitrogens with two attached hydrogens (primary N) is 1. The van der Waals surface area contributed by atoms with Crippen LogP contribution in [0.25, 0.3) is 0 Å². The molecule has 160 valence electrons. The highest BCUT2D eigenvalue weighted by atomic mass is 79.9. The van der Waals surface area contributed by atoms with Crippen LogP contribution in [0, 0.1) is 11.3 Å². The van der Waals surface area contributed by atoms with Crippen molar-refractivity contribution in [1.29, 1.82) is 5.26 Å². The first-order chi connectivity index (χ1) is 14.8. The van der Waals surface area contributed by atoms with Gasteiger partial charge in [0.15, 0.2) is 0 Å². The molecule has 1 unspecified atom stereocenters. The quantitative estimate of drug-likeness (QED) is 0.484. The fourth-order valence-electron chi connectivity index (χ4n) is 3.33. The summed E-state index contributed by atoms with van der Waals surface area (Å²) in [6.45, 7) is 3.83. The highest BCUT2D eigenvalue weighted by Gasteiger charge is 2.38. The number of esters is 1. The molecule has 1 heterocycles. The van der Waals surface area contributed by atoms with Gasteiger partial charge in [0.25, 0.3) is 0 Å². The van der Waals surface area contributed by atoms with Crippen molar-refractivity contribution in [2.45, 2.75) is 26.4 Å². The average Bonchev–Trinajstić information content (AvgIpc) is 2.72. The molecule has 0 amide bonds. The van der Waals surface area contributed by atoms with Gasteiger partial charge in [-0.2, -0.15) is 5.26 Å². The van der Waals surface area contributed by atoms with Gasteiger partial charge in [0.2, 0.25) is 5.88 Å². The number of nitriles is 1. The minimum absolute atomic E-state index is 0.0454. The maximum atomic E-state index is 12.8. The molecular weight excluding hydrogens is 528 g/mol. The van der Waals surface area contributed by atoms with E-state index in [2.05, 4.69) is 37.9 Å². The molecule has 1 atom stereocenters. The number of benzene rings is 2. The van der Waals surface area contributed by atoms with Crippen molar-refractivity contribution < 1.29 is 19.0 Å². The summed E-state index contributed by atoms with van der Waals surface area (Å²) in [5, 5.41) is 9.81. The van der Waals surface area contributed by atoms with Crippen LogP contribution in [-0.4, -0.2) is 12.6 Å². The van der Waals surface area contributed by atoms with Gasteiger partial charge in [0, 0.05) is 14.5 Å².